The van der Waals surface area contributed by atoms with E-state index in [2.05, 4.69) is 0 Å². The highest BCUT2D eigenvalue weighted by Gasteiger charge is 2.53. The number of ether oxygens (including phenoxy) is 5. The lowest BCUT2D eigenvalue weighted by atomic mass is 9.75. The van der Waals surface area contributed by atoms with E-state index in [9.17, 15) is 38.8 Å². The summed E-state index contributed by atoms with van der Waals surface area (Å²) in [6, 6.07) is -1.14. The fourth-order valence-corrected chi connectivity index (χ4v) is 11.8. The van der Waals surface area contributed by atoms with Crippen LogP contribution >= 0.6 is 7.80 Å². The molecule has 68 heavy (non-hydrogen) atoms. The Kier molecular flexibility index (Phi) is 22.6. The van der Waals surface area contributed by atoms with E-state index in [1.165, 1.54) is 12.0 Å². The summed E-state index contributed by atoms with van der Waals surface area (Å²) in [5, 5.41) is 23.5. The van der Waals surface area contributed by atoms with E-state index in [4.69, 9.17) is 23.7 Å². The number of hydrogen-bond donors (Lipinski definition) is 2. The van der Waals surface area contributed by atoms with Crippen LogP contribution in [0.25, 0.3) is 0 Å². The highest BCUT2D eigenvalue weighted by Crippen LogP contribution is 2.40. The predicted octanol–water partition coefficient (Wildman–Crippen LogP) is 7.89. The zero-order valence-corrected chi connectivity index (χ0v) is 43.6. The fraction of sp³-hybridized carbons (Fsp3) is 0.755. The number of allylic oxidation sites excluding steroid dienone is 6. The van der Waals surface area contributed by atoms with Crippen LogP contribution in [-0.4, -0.2) is 133 Å². The average molecular weight is 973 g/mol. The Hall–Kier alpha value is -3.23. The van der Waals surface area contributed by atoms with Crippen molar-refractivity contribution in [3.63, 3.8) is 0 Å². The number of aliphatic hydroxyl groups is 2. The monoisotopic (exact) mass is 973 g/mol. The standard InChI is InChI=1S/C53H83NO13P/c1-32-17-13-12-14-18-33(2)44(63-8)29-41-23-20-38(7)53(61,67-41)50(58)51(59)54-24-16-15-19-42(54)52(60)66-45(35(4)27-39-21-22-40(31-68(11)62)46(28-39)64-9)30-43(55)34(3)26-37(6)48(57)49(65-10)47(56)36(5)25-32/h12-14,17-18,26,32,34-36,38-42,44-46,48-49,57,61H,15-16,19-25,27-31H2,1-11H3/q+1/b14-12+,17-13+,33-18+,37-26+/t32-,34-,35-,36-,38-,39+,40?,41+,42+,44+,45?,46-,48-,49+,53-/m1/s1. The molecule has 15 heteroatoms. The number of piperidine rings is 1. The summed E-state index contributed by atoms with van der Waals surface area (Å²) in [5.41, 5.74) is 1.27. The van der Waals surface area contributed by atoms with E-state index in [1.54, 1.807) is 47.7 Å². The molecule has 0 aromatic rings. The number of fused-ring (bicyclic) bond motifs is 3. The number of ketones is 3. The second kappa shape index (κ2) is 26.8. The molecule has 0 aromatic carbocycles. The summed E-state index contributed by atoms with van der Waals surface area (Å²) < 4.78 is 42.0. The Balaban J connectivity index is 1.70. The van der Waals surface area contributed by atoms with Crippen LogP contribution in [0.3, 0.4) is 0 Å². The third-order valence-electron chi connectivity index (χ3n) is 15.1. The highest BCUT2D eigenvalue weighted by atomic mass is 31.1. The molecule has 14 nitrogen and oxygen atoms in total. The Morgan fingerprint density at radius 3 is 2.26 bits per heavy atom. The molecule has 4 rings (SSSR count). The van der Waals surface area contributed by atoms with Gasteiger partial charge in [-0.05, 0) is 107 Å². The maximum absolute atomic E-state index is 14.5. The van der Waals surface area contributed by atoms with Gasteiger partial charge in [-0.25, -0.2) is 4.79 Å². The molecule has 2 saturated heterocycles. The van der Waals surface area contributed by atoms with Crippen LogP contribution in [0.1, 0.15) is 126 Å². The number of aliphatic hydroxyl groups excluding tert-OH is 1. The summed E-state index contributed by atoms with van der Waals surface area (Å²) in [5.74, 6) is -7.68. The minimum atomic E-state index is -2.43. The molecule has 382 valence electrons. The molecule has 0 radical (unpaired) electrons. The molecule has 16 atom stereocenters. The van der Waals surface area contributed by atoms with E-state index < -0.39 is 85.6 Å². The molecular weight excluding hydrogens is 890 g/mol. The number of carbonyl (C=O) groups excluding carboxylic acids is 5. The summed E-state index contributed by atoms with van der Waals surface area (Å²) in [6.07, 6.45) is 13.3. The van der Waals surface area contributed by atoms with Crippen LogP contribution in [0.2, 0.25) is 0 Å². The van der Waals surface area contributed by atoms with Gasteiger partial charge >= 0.3 is 13.8 Å². The Labute approximate surface area is 406 Å². The van der Waals surface area contributed by atoms with Gasteiger partial charge in [-0.1, -0.05) is 75.6 Å². The van der Waals surface area contributed by atoms with Gasteiger partial charge in [0, 0.05) is 64.4 Å². The summed E-state index contributed by atoms with van der Waals surface area (Å²) in [7, 11) is 3.30. The molecule has 1 aliphatic carbocycles. The van der Waals surface area contributed by atoms with E-state index >= 15 is 0 Å². The normalized spacial score (nSPS) is 39.4. The molecule has 0 aromatic heterocycles. The van der Waals surface area contributed by atoms with Gasteiger partial charge < -0.3 is 38.8 Å². The summed E-state index contributed by atoms with van der Waals surface area (Å²) in [4.78, 5) is 72.2. The molecular formula is C53H83NO13P+. The van der Waals surface area contributed by atoms with Crippen molar-refractivity contribution < 1.29 is 62.4 Å². The number of cyclic esters (lactones) is 1. The van der Waals surface area contributed by atoms with Gasteiger partial charge in [0.05, 0.1) is 18.3 Å². The van der Waals surface area contributed by atoms with E-state index in [0.717, 1.165) is 24.8 Å². The predicted molar refractivity (Wildman–Crippen MR) is 261 cm³/mol. The number of Topliss-reactive ketones (excluding diaryl/α,β-unsaturated/α-hetero) is 3. The number of nitrogens with zero attached hydrogens (tertiary/aromatic N) is 1. The van der Waals surface area contributed by atoms with Crippen molar-refractivity contribution in [3.8, 4) is 0 Å². The minimum absolute atomic E-state index is 0.0181. The lowest BCUT2D eigenvalue weighted by Crippen LogP contribution is -2.61. The maximum atomic E-state index is 14.5. The van der Waals surface area contributed by atoms with E-state index in [-0.39, 0.29) is 60.7 Å². The minimum Gasteiger partial charge on any atom is -0.460 e. The lowest BCUT2D eigenvalue weighted by molar-refractivity contribution is -0.265. The van der Waals surface area contributed by atoms with Gasteiger partial charge in [-0.3, -0.25) is 19.2 Å². The molecule has 1 saturated carbocycles. The van der Waals surface area contributed by atoms with Crippen LogP contribution in [0.4, 0.5) is 0 Å². The van der Waals surface area contributed by atoms with Crippen molar-refractivity contribution >= 4 is 37.0 Å². The average Bonchev–Trinajstić information content (AvgIpc) is 3.30. The maximum Gasteiger partial charge on any atom is 0.335 e. The number of esters is 1. The molecule has 3 aliphatic heterocycles. The quantitative estimate of drug-likeness (QED) is 0.103. The molecule has 0 spiro atoms. The molecule has 2 N–H and O–H groups in total. The molecule has 3 unspecified atom stereocenters. The third kappa shape index (κ3) is 15.4. The first-order valence-electron chi connectivity index (χ1n) is 25.0. The van der Waals surface area contributed by atoms with Crippen LogP contribution in [-0.2, 0) is 52.2 Å². The van der Waals surface area contributed by atoms with E-state index in [0.29, 0.717) is 56.7 Å². The van der Waals surface area contributed by atoms with Crippen LogP contribution < -0.4 is 0 Å². The zero-order chi connectivity index (χ0) is 50.5. The SMILES string of the molecule is CO[C@H]1C[C@@H]2CC[C@@H](C)[C@@](O)(O2)C(=O)C(=O)N2CCCC[C@H]2C(=O)OC([C@H](C)C[C@@H]2CCC(C[P+](C)=O)[C@H](OC)C2)CC(=O)[C@H](C)/C=C(\C)[C@@H](O)[C@@H](OC)C(=O)[C@H](C)C[C@H](C)/C=C/C=C/C=C/1C. The first-order chi connectivity index (χ1) is 32.1. The van der Waals surface area contributed by atoms with Crippen molar-refractivity contribution in [3.05, 3.63) is 47.6 Å². The summed E-state index contributed by atoms with van der Waals surface area (Å²) >= 11 is 0. The first kappa shape index (κ1) is 57.3. The topological polar surface area (TPSA) is 192 Å². The van der Waals surface area contributed by atoms with Crippen molar-refractivity contribution in [1.29, 1.82) is 0 Å². The Bertz CT molecular complexity index is 1880. The number of carbonyl (C=O) groups is 5. The first-order valence-corrected chi connectivity index (χ1v) is 26.9. The number of amides is 1. The second-order valence-electron chi connectivity index (χ2n) is 20.6. The van der Waals surface area contributed by atoms with Crippen LogP contribution in [0, 0.1) is 41.4 Å². The van der Waals surface area contributed by atoms with Crippen molar-refractivity contribution in [2.75, 3.05) is 40.7 Å². The highest BCUT2D eigenvalue weighted by molar-refractivity contribution is 7.43. The Morgan fingerprint density at radius 1 is 0.882 bits per heavy atom. The van der Waals surface area contributed by atoms with Crippen molar-refractivity contribution in [1.82, 2.24) is 4.90 Å². The van der Waals surface area contributed by atoms with Crippen LogP contribution in [0.5, 0.6) is 0 Å². The number of methoxy groups -OCH3 is 3. The smallest absolute Gasteiger partial charge is 0.335 e. The van der Waals surface area contributed by atoms with Gasteiger partial charge in [0.2, 0.25) is 5.79 Å². The number of hydrogen-bond acceptors (Lipinski definition) is 13. The largest absolute Gasteiger partial charge is 0.460 e. The molecule has 3 fully saturated rings. The number of rotatable bonds is 8. The van der Waals surface area contributed by atoms with Gasteiger partial charge in [-0.2, -0.15) is 0 Å². The molecule has 1 amide bonds. The zero-order valence-electron chi connectivity index (χ0n) is 42.7. The van der Waals surface area contributed by atoms with Crippen molar-refractivity contribution in [2.45, 2.75) is 174 Å². The van der Waals surface area contributed by atoms with Crippen LogP contribution in [0.15, 0.2) is 47.6 Å². The summed E-state index contributed by atoms with van der Waals surface area (Å²) in [6.45, 7) is 14.5. The lowest BCUT2D eigenvalue weighted by Gasteiger charge is -2.42. The van der Waals surface area contributed by atoms with Crippen molar-refractivity contribution in [2.24, 2.45) is 41.4 Å². The van der Waals surface area contributed by atoms with E-state index in [1.807, 2.05) is 58.1 Å². The second-order valence-corrected chi connectivity index (χ2v) is 22.2. The fourth-order valence-electron chi connectivity index (χ4n) is 10.8. The van der Waals surface area contributed by atoms with Gasteiger partial charge in [0.15, 0.2) is 11.9 Å². The van der Waals surface area contributed by atoms with Gasteiger partial charge in [0.1, 0.15) is 36.8 Å². The third-order valence-corrected chi connectivity index (χ3v) is 16.1. The van der Waals surface area contributed by atoms with Gasteiger partial charge in [-0.15, -0.1) is 0 Å². The molecule has 2 bridgehead atoms. The molecule has 3 heterocycles. The van der Waals surface area contributed by atoms with Gasteiger partial charge in [0.25, 0.3) is 11.7 Å². The molecule has 4 aliphatic rings. The Morgan fingerprint density at radius 2 is 1.60 bits per heavy atom.